The van der Waals surface area contributed by atoms with Crippen LogP contribution in [-0.4, -0.2) is 28.2 Å². The van der Waals surface area contributed by atoms with Crippen molar-refractivity contribution in [2.75, 3.05) is 7.11 Å². The lowest BCUT2D eigenvalue weighted by molar-refractivity contribution is 0.0693. The number of carboxylic acids is 1. The second kappa shape index (κ2) is 5.34. The number of aryl methyl sites for hydroxylation is 1. The van der Waals surface area contributed by atoms with Crippen molar-refractivity contribution in [3.05, 3.63) is 41.7 Å². The summed E-state index contributed by atoms with van der Waals surface area (Å²) in [6, 6.07) is 6.40. The zero-order valence-corrected chi connectivity index (χ0v) is 10.5. The van der Waals surface area contributed by atoms with Crippen LogP contribution in [0.1, 0.15) is 16.1 Å². The lowest BCUT2D eigenvalue weighted by Crippen LogP contribution is -2.03. The van der Waals surface area contributed by atoms with E-state index in [9.17, 15) is 4.79 Å². The second-order valence-corrected chi connectivity index (χ2v) is 3.72. The molecule has 6 heteroatoms. The monoisotopic (exact) mass is 260 g/mol. The molecule has 0 atom stereocenters. The smallest absolute Gasteiger partial charge is 0.339 e. The Morgan fingerprint density at radius 1 is 1.32 bits per heavy atom. The average Bonchev–Trinajstić information content (AvgIpc) is 2.38. The molecule has 2 rings (SSSR count). The minimum Gasteiger partial charge on any atom is -0.493 e. The molecule has 6 nitrogen and oxygen atoms in total. The molecule has 2 aromatic rings. The third-order valence-electron chi connectivity index (χ3n) is 2.40. The summed E-state index contributed by atoms with van der Waals surface area (Å²) in [5.41, 5.74) is 0.709. The molecule has 0 radical (unpaired) electrons. The van der Waals surface area contributed by atoms with Crippen molar-refractivity contribution in [2.24, 2.45) is 0 Å². The highest BCUT2D eigenvalue weighted by molar-refractivity contribution is 5.92. The molecular weight excluding hydrogens is 248 g/mol. The summed E-state index contributed by atoms with van der Waals surface area (Å²) in [5, 5.41) is 9.14. The molecule has 0 unspecified atom stereocenters. The summed E-state index contributed by atoms with van der Waals surface area (Å²) in [5.74, 6) is -0.713. The number of aromatic carboxylic acids is 1. The number of aromatic nitrogens is 2. The Labute approximate surface area is 109 Å². The topological polar surface area (TPSA) is 81.5 Å². The van der Waals surface area contributed by atoms with Crippen LogP contribution in [0, 0.1) is 6.92 Å². The zero-order chi connectivity index (χ0) is 13.8. The fourth-order valence-electron chi connectivity index (χ4n) is 1.52. The summed E-state index contributed by atoms with van der Waals surface area (Å²) >= 11 is 0. The molecule has 1 aromatic carbocycles. The summed E-state index contributed by atoms with van der Waals surface area (Å²) in [6.45, 7) is 1.79. The van der Waals surface area contributed by atoms with Gasteiger partial charge in [-0.1, -0.05) is 6.07 Å². The summed E-state index contributed by atoms with van der Waals surface area (Å²) in [7, 11) is 1.44. The maximum Gasteiger partial charge on any atom is 0.339 e. The van der Waals surface area contributed by atoms with Gasteiger partial charge in [0.15, 0.2) is 11.5 Å². The molecule has 0 aliphatic rings. The molecule has 0 amide bonds. The fraction of sp³-hybridized carbons (Fsp3) is 0.154. The SMILES string of the molecule is COc1cccc(C(=O)O)c1Oc1nccc(C)n1. The molecule has 0 saturated carbocycles. The van der Waals surface area contributed by atoms with Gasteiger partial charge in [0.05, 0.1) is 7.11 Å². The van der Waals surface area contributed by atoms with E-state index in [0.29, 0.717) is 5.75 Å². The van der Waals surface area contributed by atoms with E-state index >= 15 is 0 Å². The van der Waals surface area contributed by atoms with Gasteiger partial charge in [0.1, 0.15) is 5.56 Å². The summed E-state index contributed by atoms with van der Waals surface area (Å²) in [6.07, 6.45) is 1.54. The lowest BCUT2D eigenvalue weighted by Gasteiger charge is -2.11. The normalized spacial score (nSPS) is 10.0. The number of hydrogen-bond donors (Lipinski definition) is 1. The minimum atomic E-state index is -1.11. The van der Waals surface area contributed by atoms with Crippen molar-refractivity contribution >= 4 is 5.97 Å². The number of carbonyl (C=O) groups is 1. The van der Waals surface area contributed by atoms with E-state index in [0.717, 1.165) is 5.69 Å². The molecule has 0 aliphatic heterocycles. The van der Waals surface area contributed by atoms with E-state index < -0.39 is 5.97 Å². The Kier molecular flexibility index (Phi) is 3.61. The molecule has 1 N–H and O–H groups in total. The molecule has 0 aliphatic carbocycles. The highest BCUT2D eigenvalue weighted by Gasteiger charge is 2.17. The maximum atomic E-state index is 11.2. The van der Waals surface area contributed by atoms with Crippen molar-refractivity contribution in [3.8, 4) is 17.5 Å². The van der Waals surface area contributed by atoms with Gasteiger partial charge in [0.25, 0.3) is 0 Å². The van der Waals surface area contributed by atoms with E-state index in [1.807, 2.05) is 0 Å². The number of carboxylic acid groups (broad SMARTS) is 1. The van der Waals surface area contributed by atoms with Gasteiger partial charge < -0.3 is 14.6 Å². The van der Waals surface area contributed by atoms with Crippen molar-refractivity contribution < 1.29 is 19.4 Å². The van der Waals surface area contributed by atoms with Gasteiger partial charge in [-0.15, -0.1) is 0 Å². The van der Waals surface area contributed by atoms with Crippen LogP contribution in [0.25, 0.3) is 0 Å². The summed E-state index contributed by atoms with van der Waals surface area (Å²) in [4.78, 5) is 19.2. The Morgan fingerprint density at radius 3 is 2.74 bits per heavy atom. The van der Waals surface area contributed by atoms with E-state index in [-0.39, 0.29) is 17.3 Å². The number of nitrogens with zero attached hydrogens (tertiary/aromatic N) is 2. The first-order valence-electron chi connectivity index (χ1n) is 5.49. The number of para-hydroxylation sites is 1. The maximum absolute atomic E-state index is 11.2. The molecule has 1 heterocycles. The Bertz CT molecular complexity index is 613. The zero-order valence-electron chi connectivity index (χ0n) is 10.5. The molecule has 0 fully saturated rings. The standard InChI is InChI=1S/C13H12N2O4/c1-8-6-7-14-13(15-8)19-11-9(12(16)17)4-3-5-10(11)18-2/h3-7H,1-2H3,(H,16,17). The molecule has 0 bridgehead atoms. The van der Waals surface area contributed by atoms with Crippen molar-refractivity contribution in [1.29, 1.82) is 0 Å². The minimum absolute atomic E-state index is 0.00976. The molecule has 0 spiro atoms. The van der Waals surface area contributed by atoms with E-state index in [1.165, 1.54) is 19.4 Å². The Hall–Kier alpha value is -2.63. The van der Waals surface area contributed by atoms with Gasteiger partial charge in [-0.2, -0.15) is 0 Å². The third kappa shape index (κ3) is 2.79. The van der Waals surface area contributed by atoms with Gasteiger partial charge in [0.2, 0.25) is 0 Å². The first kappa shape index (κ1) is 12.8. The number of methoxy groups -OCH3 is 1. The molecule has 19 heavy (non-hydrogen) atoms. The van der Waals surface area contributed by atoms with Crippen LogP contribution in [0.15, 0.2) is 30.5 Å². The number of hydrogen-bond acceptors (Lipinski definition) is 5. The van der Waals surface area contributed by atoms with E-state index in [2.05, 4.69) is 9.97 Å². The van der Waals surface area contributed by atoms with Crippen LogP contribution >= 0.6 is 0 Å². The fourth-order valence-corrected chi connectivity index (χ4v) is 1.52. The molecule has 1 aromatic heterocycles. The lowest BCUT2D eigenvalue weighted by atomic mass is 10.2. The third-order valence-corrected chi connectivity index (χ3v) is 2.40. The van der Waals surface area contributed by atoms with Crippen LogP contribution in [0.4, 0.5) is 0 Å². The van der Waals surface area contributed by atoms with Gasteiger partial charge in [0, 0.05) is 11.9 Å². The van der Waals surface area contributed by atoms with Gasteiger partial charge in [-0.3, -0.25) is 0 Å². The number of ether oxygens (including phenoxy) is 2. The Balaban J connectivity index is 2.46. The van der Waals surface area contributed by atoms with Crippen LogP contribution in [0.3, 0.4) is 0 Å². The van der Waals surface area contributed by atoms with Crippen molar-refractivity contribution in [2.45, 2.75) is 6.92 Å². The van der Waals surface area contributed by atoms with Gasteiger partial charge in [-0.25, -0.2) is 14.8 Å². The predicted octanol–water partition coefficient (Wildman–Crippen LogP) is 2.28. The van der Waals surface area contributed by atoms with Gasteiger partial charge >= 0.3 is 12.0 Å². The van der Waals surface area contributed by atoms with Crippen LogP contribution in [-0.2, 0) is 0 Å². The number of benzene rings is 1. The van der Waals surface area contributed by atoms with Crippen molar-refractivity contribution in [3.63, 3.8) is 0 Å². The highest BCUT2D eigenvalue weighted by atomic mass is 16.5. The van der Waals surface area contributed by atoms with E-state index in [4.69, 9.17) is 14.6 Å². The predicted molar refractivity (Wildman–Crippen MR) is 66.8 cm³/mol. The van der Waals surface area contributed by atoms with Crippen LogP contribution in [0.2, 0.25) is 0 Å². The Morgan fingerprint density at radius 2 is 2.11 bits per heavy atom. The second-order valence-electron chi connectivity index (χ2n) is 3.72. The van der Waals surface area contributed by atoms with E-state index in [1.54, 1.807) is 25.1 Å². The van der Waals surface area contributed by atoms with Gasteiger partial charge in [-0.05, 0) is 25.1 Å². The summed E-state index contributed by atoms with van der Waals surface area (Å²) < 4.78 is 10.5. The largest absolute Gasteiger partial charge is 0.493 e. The molecular formula is C13H12N2O4. The first-order chi connectivity index (χ1) is 9.11. The average molecular weight is 260 g/mol. The number of rotatable bonds is 4. The van der Waals surface area contributed by atoms with Crippen LogP contribution < -0.4 is 9.47 Å². The highest BCUT2D eigenvalue weighted by Crippen LogP contribution is 2.33. The molecule has 0 saturated heterocycles. The molecule has 98 valence electrons. The first-order valence-corrected chi connectivity index (χ1v) is 5.49. The van der Waals surface area contributed by atoms with Crippen molar-refractivity contribution in [1.82, 2.24) is 9.97 Å². The quantitative estimate of drug-likeness (QED) is 0.908. The van der Waals surface area contributed by atoms with Crippen LogP contribution in [0.5, 0.6) is 17.5 Å².